The van der Waals surface area contributed by atoms with Crippen LogP contribution in [0.4, 0.5) is 5.69 Å². The fraction of sp³-hybridized carbons (Fsp3) is 0.300. The Morgan fingerprint density at radius 2 is 2.23 bits per heavy atom. The van der Waals surface area contributed by atoms with E-state index in [9.17, 15) is 4.79 Å². The topological polar surface area (TPSA) is 29.1 Å². The molecule has 1 aromatic carbocycles. The summed E-state index contributed by atoms with van der Waals surface area (Å²) in [7, 11) is 0. The highest BCUT2D eigenvalue weighted by atomic mass is 32.2. The summed E-state index contributed by atoms with van der Waals surface area (Å²) in [5, 5.41) is 2.80. The fourth-order valence-electron chi connectivity index (χ4n) is 0.888. The molecule has 0 saturated heterocycles. The Kier molecular flexibility index (Phi) is 4.40. The van der Waals surface area contributed by atoms with E-state index < -0.39 is 0 Å². The van der Waals surface area contributed by atoms with Gasteiger partial charge in [-0.3, -0.25) is 4.79 Å². The molecule has 0 saturated carbocycles. The Bertz CT molecular complexity index is 261. The number of carbonyl (C=O) groups is 1. The van der Waals surface area contributed by atoms with Crippen LogP contribution in [-0.2, 0) is 4.79 Å². The first-order valence-corrected chi connectivity index (χ1v) is 5.47. The number of amides is 1. The second-order valence-electron chi connectivity index (χ2n) is 2.58. The van der Waals surface area contributed by atoms with Gasteiger partial charge in [0.15, 0.2) is 0 Å². The van der Waals surface area contributed by atoms with Crippen molar-refractivity contribution in [3.63, 3.8) is 0 Å². The van der Waals surface area contributed by atoms with Crippen molar-refractivity contribution in [1.82, 2.24) is 0 Å². The van der Waals surface area contributed by atoms with E-state index in [0.29, 0.717) is 6.42 Å². The highest BCUT2D eigenvalue weighted by Gasteiger charge is 1.99. The lowest BCUT2D eigenvalue weighted by atomic mass is 10.3. The predicted molar refractivity (Wildman–Crippen MR) is 56.9 cm³/mol. The van der Waals surface area contributed by atoms with E-state index in [1.807, 2.05) is 18.4 Å². The number of carbonyl (C=O) groups excluding carboxylic acids is 1. The second kappa shape index (κ2) is 5.65. The highest BCUT2D eigenvalue weighted by Crippen LogP contribution is 2.05. The van der Waals surface area contributed by atoms with Crippen molar-refractivity contribution >= 4 is 23.4 Å². The molecule has 0 aliphatic rings. The summed E-state index contributed by atoms with van der Waals surface area (Å²) in [6.45, 7) is 0. The van der Waals surface area contributed by atoms with E-state index in [1.165, 1.54) is 0 Å². The number of benzene rings is 1. The van der Waals surface area contributed by atoms with Gasteiger partial charge in [0.05, 0.1) is 0 Å². The molecule has 1 radical (unpaired) electrons. The lowest BCUT2D eigenvalue weighted by molar-refractivity contribution is -0.115. The summed E-state index contributed by atoms with van der Waals surface area (Å²) < 4.78 is 0. The quantitative estimate of drug-likeness (QED) is 0.796. The van der Waals surface area contributed by atoms with Crippen molar-refractivity contribution in [2.45, 2.75) is 6.42 Å². The Hall–Kier alpha value is -0.960. The van der Waals surface area contributed by atoms with Crippen molar-refractivity contribution < 1.29 is 4.79 Å². The molecule has 69 valence electrons. The fourth-order valence-corrected chi connectivity index (χ4v) is 1.28. The molecule has 1 amide bonds. The first-order chi connectivity index (χ1) is 6.33. The smallest absolute Gasteiger partial charge is 0.225 e. The molecule has 0 aromatic heterocycles. The largest absolute Gasteiger partial charge is 0.326 e. The van der Waals surface area contributed by atoms with E-state index >= 15 is 0 Å². The Morgan fingerprint density at radius 1 is 1.54 bits per heavy atom. The van der Waals surface area contributed by atoms with Crippen LogP contribution in [0.3, 0.4) is 0 Å². The lowest BCUT2D eigenvalue weighted by Crippen LogP contribution is -2.11. The maximum absolute atomic E-state index is 11.2. The predicted octanol–water partition coefficient (Wildman–Crippen LogP) is 2.18. The summed E-state index contributed by atoms with van der Waals surface area (Å²) in [6, 6.07) is 10.1. The average Bonchev–Trinajstić information content (AvgIpc) is 2.16. The SMILES string of the molecule is CSCCC(=O)Nc1cc[c]cc1. The molecule has 2 nitrogen and oxygen atoms in total. The van der Waals surface area contributed by atoms with Crippen molar-refractivity contribution in [3.8, 4) is 0 Å². The zero-order chi connectivity index (χ0) is 9.52. The Balaban J connectivity index is 2.37. The van der Waals surface area contributed by atoms with Crippen LogP contribution in [0.1, 0.15) is 6.42 Å². The van der Waals surface area contributed by atoms with Gasteiger partial charge in [0.25, 0.3) is 0 Å². The average molecular weight is 194 g/mol. The minimum absolute atomic E-state index is 0.0700. The minimum Gasteiger partial charge on any atom is -0.326 e. The standard InChI is InChI=1S/C10H12NOS/c1-13-8-7-10(12)11-9-5-3-2-4-6-9/h3-6H,7-8H2,1H3,(H,11,12). The molecule has 0 unspecified atom stereocenters. The summed E-state index contributed by atoms with van der Waals surface area (Å²) in [5.41, 5.74) is 0.838. The number of nitrogens with one attached hydrogen (secondary N) is 1. The third kappa shape index (κ3) is 3.99. The van der Waals surface area contributed by atoms with Crippen molar-refractivity contribution in [1.29, 1.82) is 0 Å². The zero-order valence-electron chi connectivity index (χ0n) is 7.54. The number of hydrogen-bond donors (Lipinski definition) is 1. The van der Waals surface area contributed by atoms with Gasteiger partial charge < -0.3 is 5.32 Å². The van der Waals surface area contributed by atoms with E-state index in [0.717, 1.165) is 11.4 Å². The van der Waals surface area contributed by atoms with Gasteiger partial charge in [0.1, 0.15) is 0 Å². The number of thioether (sulfide) groups is 1. The molecule has 3 heteroatoms. The Labute approximate surface area is 82.7 Å². The van der Waals surface area contributed by atoms with E-state index in [1.54, 1.807) is 23.9 Å². The lowest BCUT2D eigenvalue weighted by Gasteiger charge is -2.02. The number of anilines is 1. The molecule has 1 aromatic rings. The molecule has 1 rings (SSSR count). The van der Waals surface area contributed by atoms with Crippen molar-refractivity contribution in [2.75, 3.05) is 17.3 Å². The molecular formula is C10H12NOS. The third-order valence-corrected chi connectivity index (χ3v) is 2.15. The minimum atomic E-state index is 0.0700. The number of rotatable bonds is 4. The van der Waals surface area contributed by atoms with Crippen LogP contribution in [0.2, 0.25) is 0 Å². The van der Waals surface area contributed by atoms with Crippen molar-refractivity contribution in [2.24, 2.45) is 0 Å². The van der Waals surface area contributed by atoms with E-state index in [2.05, 4.69) is 11.4 Å². The molecule has 0 fully saturated rings. The second-order valence-corrected chi connectivity index (χ2v) is 3.57. The van der Waals surface area contributed by atoms with Crippen LogP contribution in [0.25, 0.3) is 0 Å². The highest BCUT2D eigenvalue weighted by molar-refractivity contribution is 7.98. The normalized spacial score (nSPS) is 9.62. The van der Waals surface area contributed by atoms with Gasteiger partial charge in [-0.15, -0.1) is 0 Å². The third-order valence-electron chi connectivity index (χ3n) is 1.54. The van der Waals surface area contributed by atoms with E-state index in [-0.39, 0.29) is 5.91 Å². The van der Waals surface area contributed by atoms with Gasteiger partial charge in [-0.05, 0) is 24.5 Å². The maximum Gasteiger partial charge on any atom is 0.225 e. The first kappa shape index (κ1) is 10.1. The monoisotopic (exact) mass is 194 g/mol. The molecule has 0 atom stereocenters. The van der Waals surface area contributed by atoms with Crippen LogP contribution in [0.15, 0.2) is 24.3 Å². The van der Waals surface area contributed by atoms with Gasteiger partial charge in [-0.2, -0.15) is 11.8 Å². The summed E-state index contributed by atoms with van der Waals surface area (Å²) in [5.74, 6) is 0.936. The van der Waals surface area contributed by atoms with Gasteiger partial charge >= 0.3 is 0 Å². The van der Waals surface area contributed by atoms with Crippen LogP contribution in [0, 0.1) is 6.07 Å². The molecule has 0 aliphatic carbocycles. The molecular weight excluding hydrogens is 182 g/mol. The molecule has 0 bridgehead atoms. The molecule has 0 aliphatic heterocycles. The Morgan fingerprint density at radius 3 is 2.85 bits per heavy atom. The van der Waals surface area contributed by atoms with Crippen LogP contribution >= 0.6 is 11.8 Å². The van der Waals surface area contributed by atoms with Crippen LogP contribution < -0.4 is 5.32 Å². The van der Waals surface area contributed by atoms with Gasteiger partial charge in [-0.1, -0.05) is 12.1 Å². The molecule has 0 spiro atoms. The summed E-state index contributed by atoms with van der Waals surface area (Å²) in [6.07, 6.45) is 2.56. The van der Waals surface area contributed by atoms with Gasteiger partial charge in [0.2, 0.25) is 5.91 Å². The molecule has 0 heterocycles. The summed E-state index contributed by atoms with van der Waals surface area (Å²) in [4.78, 5) is 11.2. The number of hydrogen-bond acceptors (Lipinski definition) is 2. The maximum atomic E-state index is 11.2. The van der Waals surface area contributed by atoms with Crippen molar-refractivity contribution in [3.05, 3.63) is 30.3 Å². The van der Waals surface area contributed by atoms with Crippen LogP contribution in [-0.4, -0.2) is 17.9 Å². The molecule has 13 heavy (non-hydrogen) atoms. The van der Waals surface area contributed by atoms with Gasteiger partial charge in [0, 0.05) is 17.9 Å². The van der Waals surface area contributed by atoms with E-state index in [4.69, 9.17) is 0 Å². The zero-order valence-corrected chi connectivity index (χ0v) is 8.36. The summed E-state index contributed by atoms with van der Waals surface area (Å²) >= 11 is 1.67. The molecule has 1 N–H and O–H groups in total. The first-order valence-electron chi connectivity index (χ1n) is 4.08. The van der Waals surface area contributed by atoms with Crippen LogP contribution in [0.5, 0.6) is 0 Å². The van der Waals surface area contributed by atoms with Gasteiger partial charge in [-0.25, -0.2) is 0 Å².